The molecule has 0 spiro atoms. The molecular formula is C16H20ClFN4O. The second-order valence-electron chi connectivity index (χ2n) is 5.78. The number of nitrogens with one attached hydrogen (secondary N) is 2. The number of guanidine groups is 1. The van der Waals surface area contributed by atoms with Crippen LogP contribution in [0.5, 0.6) is 0 Å². The van der Waals surface area contributed by atoms with Gasteiger partial charge in [-0.3, -0.25) is 4.99 Å². The van der Waals surface area contributed by atoms with Crippen LogP contribution in [0.3, 0.4) is 0 Å². The van der Waals surface area contributed by atoms with Crippen LogP contribution in [0.25, 0.3) is 0 Å². The molecule has 0 amide bonds. The van der Waals surface area contributed by atoms with Gasteiger partial charge in [0, 0.05) is 30.1 Å². The molecule has 2 rings (SSSR count). The molecule has 1 aromatic heterocycles. The van der Waals surface area contributed by atoms with Crippen molar-refractivity contribution in [3.63, 3.8) is 0 Å². The molecule has 0 atom stereocenters. The first-order valence-corrected chi connectivity index (χ1v) is 7.59. The predicted molar refractivity (Wildman–Crippen MR) is 89.1 cm³/mol. The molecule has 2 aromatic rings. The lowest BCUT2D eigenvalue weighted by molar-refractivity contribution is 0.410. The number of halogens is 2. The minimum Gasteiger partial charge on any atom is -0.364 e. The van der Waals surface area contributed by atoms with E-state index >= 15 is 0 Å². The van der Waals surface area contributed by atoms with Crippen molar-refractivity contribution in [2.75, 3.05) is 13.6 Å². The van der Waals surface area contributed by atoms with Gasteiger partial charge in [-0.25, -0.2) is 4.39 Å². The molecule has 1 aromatic carbocycles. The fraction of sp³-hybridized carbons (Fsp3) is 0.375. The van der Waals surface area contributed by atoms with E-state index < -0.39 is 0 Å². The molecule has 0 fully saturated rings. The standard InChI is InChI=1S/C16H20ClFN4O/c1-16(2,13-5-4-11(18)8-14(13)17)10-21-15(19-3)20-9-12-6-7-23-22-12/h4-8H,9-10H2,1-3H3,(H2,19,20,21). The third-order valence-corrected chi connectivity index (χ3v) is 3.82. The maximum Gasteiger partial charge on any atom is 0.191 e. The van der Waals surface area contributed by atoms with Gasteiger partial charge in [-0.2, -0.15) is 0 Å². The number of aliphatic imine (C=N–C) groups is 1. The van der Waals surface area contributed by atoms with Gasteiger partial charge in [-0.1, -0.05) is 36.7 Å². The quantitative estimate of drug-likeness (QED) is 0.649. The largest absolute Gasteiger partial charge is 0.364 e. The molecule has 0 radical (unpaired) electrons. The molecule has 0 bridgehead atoms. The summed E-state index contributed by atoms with van der Waals surface area (Å²) in [6.45, 7) is 5.15. The molecular weight excluding hydrogens is 319 g/mol. The maximum absolute atomic E-state index is 13.2. The molecule has 0 saturated heterocycles. The zero-order valence-corrected chi connectivity index (χ0v) is 14.1. The van der Waals surface area contributed by atoms with Gasteiger partial charge >= 0.3 is 0 Å². The smallest absolute Gasteiger partial charge is 0.191 e. The monoisotopic (exact) mass is 338 g/mol. The summed E-state index contributed by atoms with van der Waals surface area (Å²) in [5, 5.41) is 10.6. The normalized spacial score (nSPS) is 12.3. The van der Waals surface area contributed by atoms with Crippen molar-refractivity contribution in [1.29, 1.82) is 0 Å². The van der Waals surface area contributed by atoms with Crippen LogP contribution in [0.4, 0.5) is 4.39 Å². The summed E-state index contributed by atoms with van der Waals surface area (Å²) in [6.07, 6.45) is 1.52. The number of rotatable bonds is 5. The first-order chi connectivity index (χ1) is 10.9. The van der Waals surface area contributed by atoms with E-state index in [1.54, 1.807) is 19.2 Å². The van der Waals surface area contributed by atoms with E-state index in [2.05, 4.69) is 20.8 Å². The van der Waals surface area contributed by atoms with Crippen molar-refractivity contribution in [3.05, 3.63) is 52.6 Å². The van der Waals surface area contributed by atoms with E-state index in [1.807, 2.05) is 13.8 Å². The average molecular weight is 339 g/mol. The van der Waals surface area contributed by atoms with Crippen molar-refractivity contribution < 1.29 is 8.91 Å². The number of aromatic nitrogens is 1. The Hall–Kier alpha value is -2.08. The summed E-state index contributed by atoms with van der Waals surface area (Å²) in [6, 6.07) is 6.24. The van der Waals surface area contributed by atoms with Crippen LogP contribution in [0.2, 0.25) is 5.02 Å². The lowest BCUT2D eigenvalue weighted by Gasteiger charge is -2.27. The number of nitrogens with zero attached hydrogens (tertiary/aromatic N) is 2. The Labute approximate surface area is 139 Å². The van der Waals surface area contributed by atoms with E-state index in [-0.39, 0.29) is 11.2 Å². The second kappa shape index (κ2) is 7.46. The molecule has 0 saturated carbocycles. The van der Waals surface area contributed by atoms with Gasteiger partial charge in [0.1, 0.15) is 17.8 Å². The first-order valence-electron chi connectivity index (χ1n) is 7.21. The second-order valence-corrected chi connectivity index (χ2v) is 6.19. The van der Waals surface area contributed by atoms with Gasteiger partial charge in [-0.05, 0) is 17.7 Å². The van der Waals surface area contributed by atoms with Crippen LogP contribution in [0, 0.1) is 5.82 Å². The zero-order chi connectivity index (χ0) is 16.9. The fourth-order valence-electron chi connectivity index (χ4n) is 2.16. The summed E-state index contributed by atoms with van der Waals surface area (Å²) >= 11 is 6.16. The van der Waals surface area contributed by atoms with Gasteiger partial charge < -0.3 is 15.2 Å². The Kier molecular flexibility index (Phi) is 5.60. The molecule has 0 aliphatic heterocycles. The lowest BCUT2D eigenvalue weighted by atomic mass is 9.84. The summed E-state index contributed by atoms with van der Waals surface area (Å²) in [4.78, 5) is 4.16. The first kappa shape index (κ1) is 17.3. The van der Waals surface area contributed by atoms with Gasteiger partial charge in [0.05, 0.1) is 6.54 Å². The molecule has 0 aliphatic carbocycles. The van der Waals surface area contributed by atoms with Crippen LogP contribution < -0.4 is 10.6 Å². The van der Waals surface area contributed by atoms with Crippen molar-refractivity contribution in [3.8, 4) is 0 Å². The molecule has 124 valence electrons. The van der Waals surface area contributed by atoms with E-state index in [4.69, 9.17) is 16.1 Å². The number of hydrogen-bond acceptors (Lipinski definition) is 3. The molecule has 23 heavy (non-hydrogen) atoms. The zero-order valence-electron chi connectivity index (χ0n) is 13.4. The van der Waals surface area contributed by atoms with Crippen molar-refractivity contribution in [2.45, 2.75) is 25.8 Å². The Balaban J connectivity index is 1.96. The SMILES string of the molecule is CN=C(NCc1ccon1)NCC(C)(C)c1ccc(F)cc1Cl. The molecule has 7 heteroatoms. The predicted octanol–water partition coefficient (Wildman–Crippen LogP) is 3.11. The van der Waals surface area contributed by atoms with Gasteiger partial charge in [0.25, 0.3) is 0 Å². The topological polar surface area (TPSA) is 62.5 Å². The Morgan fingerprint density at radius 3 is 2.74 bits per heavy atom. The minimum absolute atomic E-state index is 0.295. The Morgan fingerprint density at radius 1 is 1.35 bits per heavy atom. The lowest BCUT2D eigenvalue weighted by Crippen LogP contribution is -2.43. The van der Waals surface area contributed by atoms with E-state index in [1.165, 1.54) is 18.4 Å². The molecule has 0 unspecified atom stereocenters. The van der Waals surface area contributed by atoms with Gasteiger partial charge in [-0.15, -0.1) is 0 Å². The highest BCUT2D eigenvalue weighted by Gasteiger charge is 2.24. The van der Waals surface area contributed by atoms with Crippen LogP contribution in [-0.2, 0) is 12.0 Å². The van der Waals surface area contributed by atoms with E-state index in [0.29, 0.717) is 24.1 Å². The van der Waals surface area contributed by atoms with Crippen LogP contribution in [0.1, 0.15) is 25.1 Å². The summed E-state index contributed by atoms with van der Waals surface area (Å²) in [5.74, 6) is 0.298. The Morgan fingerprint density at radius 2 is 2.13 bits per heavy atom. The van der Waals surface area contributed by atoms with Crippen molar-refractivity contribution >= 4 is 17.6 Å². The van der Waals surface area contributed by atoms with E-state index in [9.17, 15) is 4.39 Å². The summed E-state index contributed by atoms with van der Waals surface area (Å²) in [7, 11) is 1.69. The van der Waals surface area contributed by atoms with E-state index in [0.717, 1.165) is 11.3 Å². The highest BCUT2D eigenvalue weighted by atomic mass is 35.5. The summed E-state index contributed by atoms with van der Waals surface area (Å²) < 4.78 is 18.0. The highest BCUT2D eigenvalue weighted by Crippen LogP contribution is 2.29. The number of benzene rings is 1. The molecule has 2 N–H and O–H groups in total. The molecule has 1 heterocycles. The third-order valence-electron chi connectivity index (χ3n) is 3.51. The van der Waals surface area contributed by atoms with Crippen molar-refractivity contribution in [2.24, 2.45) is 4.99 Å². The minimum atomic E-state index is -0.340. The Bertz CT molecular complexity index is 671. The maximum atomic E-state index is 13.2. The fourth-order valence-corrected chi connectivity index (χ4v) is 2.58. The van der Waals surface area contributed by atoms with Crippen molar-refractivity contribution in [1.82, 2.24) is 15.8 Å². The summed E-state index contributed by atoms with van der Waals surface area (Å²) in [5.41, 5.74) is 1.37. The third kappa shape index (κ3) is 4.69. The van der Waals surface area contributed by atoms with Gasteiger partial charge in [0.2, 0.25) is 0 Å². The van der Waals surface area contributed by atoms with Crippen LogP contribution in [0.15, 0.2) is 40.0 Å². The van der Waals surface area contributed by atoms with Crippen LogP contribution in [-0.4, -0.2) is 24.7 Å². The highest BCUT2D eigenvalue weighted by molar-refractivity contribution is 6.31. The van der Waals surface area contributed by atoms with Gasteiger partial charge in [0.15, 0.2) is 5.96 Å². The van der Waals surface area contributed by atoms with Crippen LogP contribution >= 0.6 is 11.6 Å². The molecule has 5 nitrogen and oxygen atoms in total. The average Bonchev–Trinajstić information content (AvgIpc) is 3.00. The molecule has 0 aliphatic rings. The number of hydrogen-bond donors (Lipinski definition) is 2.